The van der Waals surface area contributed by atoms with Gasteiger partial charge in [0.25, 0.3) is 0 Å². The van der Waals surface area contributed by atoms with E-state index in [9.17, 15) is 4.79 Å². The molecule has 2 aromatic rings. The van der Waals surface area contributed by atoms with Crippen molar-refractivity contribution in [3.05, 3.63) is 35.6 Å². The highest BCUT2D eigenvalue weighted by Crippen LogP contribution is 2.21. The molecule has 3 N–H and O–H groups in total. The zero-order valence-corrected chi connectivity index (χ0v) is 8.61. The first-order valence-corrected chi connectivity index (χ1v) is 4.58. The smallest absolute Gasteiger partial charge is 0.373 e. The minimum absolute atomic E-state index is 0.0253. The number of fused-ring (bicyclic) bond motifs is 1. The van der Waals surface area contributed by atoms with Gasteiger partial charge in [0.2, 0.25) is 5.76 Å². The van der Waals surface area contributed by atoms with E-state index in [2.05, 4.69) is 4.74 Å². The minimum atomic E-state index is -0.527. The molecule has 1 aromatic carbocycles. The van der Waals surface area contributed by atoms with Crippen LogP contribution < -0.4 is 5.73 Å². The van der Waals surface area contributed by atoms with Crippen LogP contribution in [0.15, 0.2) is 28.7 Å². The summed E-state index contributed by atoms with van der Waals surface area (Å²) in [6.07, 6.45) is 0. The Hall–Kier alpha value is -2.30. The van der Waals surface area contributed by atoms with Gasteiger partial charge in [-0.15, -0.1) is 0 Å². The molecular formula is C11H10N2O3. The number of hydrogen-bond acceptors (Lipinski definition) is 4. The molecule has 5 heteroatoms. The molecule has 0 bridgehead atoms. The van der Waals surface area contributed by atoms with E-state index in [1.807, 2.05) is 0 Å². The van der Waals surface area contributed by atoms with Crippen molar-refractivity contribution in [2.75, 3.05) is 7.11 Å². The molecule has 2 rings (SSSR count). The maximum absolute atomic E-state index is 11.2. The van der Waals surface area contributed by atoms with Crippen LogP contribution in [0.4, 0.5) is 0 Å². The maximum Gasteiger partial charge on any atom is 0.373 e. The number of benzene rings is 1. The summed E-state index contributed by atoms with van der Waals surface area (Å²) >= 11 is 0. The number of amidine groups is 1. The van der Waals surface area contributed by atoms with E-state index in [4.69, 9.17) is 15.6 Å². The average molecular weight is 218 g/mol. The van der Waals surface area contributed by atoms with E-state index in [0.29, 0.717) is 16.5 Å². The van der Waals surface area contributed by atoms with Crippen LogP contribution in [0.3, 0.4) is 0 Å². The van der Waals surface area contributed by atoms with Crippen LogP contribution in [0.2, 0.25) is 0 Å². The molecule has 0 amide bonds. The molecule has 16 heavy (non-hydrogen) atoms. The third-order valence-corrected chi connectivity index (χ3v) is 2.21. The molecule has 0 spiro atoms. The molecule has 0 fully saturated rings. The summed E-state index contributed by atoms with van der Waals surface area (Å²) in [5.41, 5.74) is 6.51. The molecule has 0 saturated carbocycles. The Morgan fingerprint density at radius 2 is 2.19 bits per heavy atom. The Morgan fingerprint density at radius 1 is 1.44 bits per heavy atom. The van der Waals surface area contributed by atoms with Crippen LogP contribution in [0.1, 0.15) is 16.1 Å². The highest BCUT2D eigenvalue weighted by Gasteiger charge is 2.12. The first kappa shape index (κ1) is 10.2. The molecule has 1 aromatic heterocycles. The lowest BCUT2D eigenvalue weighted by Crippen LogP contribution is -2.10. The van der Waals surface area contributed by atoms with Gasteiger partial charge in [0.15, 0.2) is 0 Å². The van der Waals surface area contributed by atoms with E-state index >= 15 is 0 Å². The predicted octanol–water partition coefficient (Wildman–Crippen LogP) is 1.50. The van der Waals surface area contributed by atoms with Gasteiger partial charge < -0.3 is 14.9 Å². The number of ether oxygens (including phenoxy) is 1. The molecule has 0 saturated heterocycles. The summed E-state index contributed by atoms with van der Waals surface area (Å²) in [6.45, 7) is 0. The summed E-state index contributed by atoms with van der Waals surface area (Å²) in [5.74, 6) is -0.415. The standard InChI is InChI=1S/C11H10N2O3/c1-15-11(14)9-5-7-4-6(10(12)13)2-3-8(7)16-9/h2-5H,1H3,(H3,12,13). The average Bonchev–Trinajstić information content (AvgIpc) is 2.70. The second kappa shape index (κ2) is 3.69. The van der Waals surface area contributed by atoms with E-state index < -0.39 is 5.97 Å². The molecular weight excluding hydrogens is 208 g/mol. The van der Waals surface area contributed by atoms with Crippen molar-refractivity contribution >= 4 is 22.8 Å². The van der Waals surface area contributed by atoms with E-state index in [0.717, 1.165) is 0 Å². The number of nitrogens with one attached hydrogen (secondary N) is 1. The minimum Gasteiger partial charge on any atom is -0.463 e. The lowest BCUT2D eigenvalue weighted by Gasteiger charge is -1.95. The van der Waals surface area contributed by atoms with E-state index in [-0.39, 0.29) is 11.6 Å². The normalized spacial score (nSPS) is 10.3. The number of nitrogens with two attached hydrogens (primary N) is 1. The zero-order valence-electron chi connectivity index (χ0n) is 8.61. The first-order chi connectivity index (χ1) is 7.61. The Labute approximate surface area is 91.3 Å². The summed E-state index contributed by atoms with van der Waals surface area (Å²) in [7, 11) is 1.29. The van der Waals surface area contributed by atoms with Crippen molar-refractivity contribution in [2.45, 2.75) is 0 Å². The fraction of sp³-hybridized carbons (Fsp3) is 0.0909. The fourth-order valence-electron chi connectivity index (χ4n) is 1.41. The zero-order chi connectivity index (χ0) is 11.7. The molecule has 0 radical (unpaired) electrons. The van der Waals surface area contributed by atoms with Crippen LogP contribution in [0.5, 0.6) is 0 Å². The number of rotatable bonds is 2. The number of carbonyl (C=O) groups is 1. The van der Waals surface area contributed by atoms with Crippen molar-refractivity contribution in [1.29, 1.82) is 5.41 Å². The number of hydrogen-bond donors (Lipinski definition) is 2. The second-order valence-corrected chi connectivity index (χ2v) is 3.27. The molecule has 5 nitrogen and oxygen atoms in total. The van der Waals surface area contributed by atoms with Gasteiger partial charge in [-0.25, -0.2) is 4.79 Å². The predicted molar refractivity (Wildman–Crippen MR) is 58.6 cm³/mol. The third kappa shape index (κ3) is 1.63. The van der Waals surface area contributed by atoms with Crippen molar-refractivity contribution in [1.82, 2.24) is 0 Å². The fourth-order valence-corrected chi connectivity index (χ4v) is 1.41. The largest absolute Gasteiger partial charge is 0.463 e. The highest BCUT2D eigenvalue weighted by molar-refractivity contribution is 5.99. The molecule has 0 aliphatic rings. The van der Waals surface area contributed by atoms with Crippen LogP contribution in [-0.4, -0.2) is 18.9 Å². The first-order valence-electron chi connectivity index (χ1n) is 4.58. The molecule has 0 aliphatic heterocycles. The van der Waals surface area contributed by atoms with Crippen molar-refractivity contribution in [3.8, 4) is 0 Å². The lowest BCUT2D eigenvalue weighted by atomic mass is 10.1. The monoisotopic (exact) mass is 218 g/mol. The Morgan fingerprint density at radius 3 is 2.81 bits per heavy atom. The van der Waals surface area contributed by atoms with E-state index in [1.54, 1.807) is 24.3 Å². The molecule has 0 atom stereocenters. The van der Waals surface area contributed by atoms with Gasteiger partial charge in [-0.05, 0) is 24.3 Å². The van der Waals surface area contributed by atoms with Gasteiger partial charge in [0, 0.05) is 10.9 Å². The van der Waals surface area contributed by atoms with Crippen molar-refractivity contribution in [3.63, 3.8) is 0 Å². The second-order valence-electron chi connectivity index (χ2n) is 3.27. The van der Waals surface area contributed by atoms with Gasteiger partial charge >= 0.3 is 5.97 Å². The van der Waals surface area contributed by atoms with Crippen LogP contribution in [0.25, 0.3) is 11.0 Å². The topological polar surface area (TPSA) is 89.3 Å². The highest BCUT2D eigenvalue weighted by atomic mass is 16.5. The van der Waals surface area contributed by atoms with Crippen molar-refractivity contribution < 1.29 is 13.9 Å². The van der Waals surface area contributed by atoms with Gasteiger partial charge in [-0.3, -0.25) is 5.41 Å². The molecule has 0 unspecified atom stereocenters. The molecule has 0 aliphatic carbocycles. The number of furan rings is 1. The van der Waals surface area contributed by atoms with Crippen LogP contribution >= 0.6 is 0 Å². The molecule has 1 heterocycles. The molecule has 82 valence electrons. The van der Waals surface area contributed by atoms with Gasteiger partial charge in [-0.2, -0.15) is 0 Å². The number of methoxy groups -OCH3 is 1. The van der Waals surface area contributed by atoms with Crippen molar-refractivity contribution in [2.24, 2.45) is 5.73 Å². The maximum atomic E-state index is 11.2. The van der Waals surface area contributed by atoms with E-state index in [1.165, 1.54) is 7.11 Å². The number of esters is 1. The van der Waals surface area contributed by atoms with Gasteiger partial charge in [0.1, 0.15) is 11.4 Å². The Kier molecular flexibility index (Phi) is 2.36. The summed E-state index contributed by atoms with van der Waals surface area (Å²) < 4.78 is 9.81. The number of carbonyl (C=O) groups excluding carboxylic acids is 1. The van der Waals surface area contributed by atoms with Gasteiger partial charge in [0.05, 0.1) is 7.11 Å². The summed E-state index contributed by atoms with van der Waals surface area (Å²) in [5, 5.41) is 8.01. The SMILES string of the molecule is COC(=O)c1cc2cc(C(=N)N)ccc2o1. The van der Waals surface area contributed by atoms with Crippen LogP contribution in [-0.2, 0) is 4.74 Å². The van der Waals surface area contributed by atoms with Crippen LogP contribution in [0, 0.1) is 5.41 Å². The number of nitrogen functional groups attached to an aromatic ring is 1. The lowest BCUT2D eigenvalue weighted by molar-refractivity contribution is 0.0567. The van der Waals surface area contributed by atoms with Gasteiger partial charge in [-0.1, -0.05) is 0 Å². The summed E-state index contributed by atoms with van der Waals surface area (Å²) in [4.78, 5) is 11.2. The summed E-state index contributed by atoms with van der Waals surface area (Å²) in [6, 6.07) is 6.58. The Bertz CT molecular complexity index is 572. The Balaban J connectivity index is 2.54. The quantitative estimate of drug-likeness (QED) is 0.454. The third-order valence-electron chi connectivity index (χ3n) is 2.21.